The van der Waals surface area contributed by atoms with Crippen LogP contribution in [-0.2, 0) is 4.79 Å². The summed E-state index contributed by atoms with van der Waals surface area (Å²) in [6, 6.07) is 0. The van der Waals surface area contributed by atoms with Crippen LogP contribution in [0.3, 0.4) is 0 Å². The molecular formula is C16H30BrNO. The molecule has 1 amide bonds. The number of carbonyl (C=O) groups is 1. The molecule has 1 heterocycles. The predicted octanol–water partition coefficient (Wildman–Crippen LogP) is 4.76. The lowest BCUT2D eigenvalue weighted by atomic mass is 9.94. The van der Waals surface area contributed by atoms with Gasteiger partial charge in [0.15, 0.2) is 0 Å². The van der Waals surface area contributed by atoms with Gasteiger partial charge >= 0.3 is 0 Å². The van der Waals surface area contributed by atoms with Crippen molar-refractivity contribution < 1.29 is 4.79 Å². The number of unbranched alkanes of at least 4 members (excludes halogenated alkanes) is 5. The van der Waals surface area contributed by atoms with Crippen LogP contribution >= 0.6 is 15.9 Å². The number of hydrogen-bond donors (Lipinski definition) is 0. The van der Waals surface area contributed by atoms with Crippen LogP contribution in [0, 0.1) is 5.92 Å². The molecule has 0 aromatic carbocycles. The molecule has 1 aliphatic heterocycles. The van der Waals surface area contributed by atoms with Gasteiger partial charge in [0, 0.05) is 24.3 Å². The summed E-state index contributed by atoms with van der Waals surface area (Å²) in [5, 5.41) is 0. The summed E-state index contributed by atoms with van der Waals surface area (Å²) in [6.07, 6.45) is 10.7. The number of likely N-dealkylation sites (tertiary alicyclic amines) is 1. The van der Waals surface area contributed by atoms with Crippen LogP contribution in [0.25, 0.3) is 0 Å². The molecule has 0 aromatic rings. The summed E-state index contributed by atoms with van der Waals surface area (Å²) in [4.78, 5) is 14.7. The third-order valence-electron chi connectivity index (χ3n) is 4.29. The highest BCUT2D eigenvalue weighted by atomic mass is 79.9. The van der Waals surface area contributed by atoms with Crippen LogP contribution < -0.4 is 0 Å². The van der Waals surface area contributed by atoms with Gasteiger partial charge in [-0.25, -0.2) is 0 Å². The Labute approximate surface area is 127 Å². The number of amides is 1. The SMILES string of the molecule is CCCCCCCCC(=O)N1CCC(C(C)Br)CC1. The van der Waals surface area contributed by atoms with E-state index in [0.717, 1.165) is 44.7 Å². The second-order valence-corrected chi connectivity index (χ2v) is 7.36. The van der Waals surface area contributed by atoms with Gasteiger partial charge in [0.2, 0.25) is 5.91 Å². The maximum Gasteiger partial charge on any atom is 0.222 e. The molecule has 0 radical (unpaired) electrons. The van der Waals surface area contributed by atoms with E-state index in [4.69, 9.17) is 0 Å². The first-order chi connectivity index (χ1) is 9.15. The molecule has 19 heavy (non-hydrogen) atoms. The molecule has 1 aliphatic rings. The van der Waals surface area contributed by atoms with E-state index in [1.54, 1.807) is 0 Å². The predicted molar refractivity (Wildman–Crippen MR) is 85.7 cm³/mol. The summed E-state index contributed by atoms with van der Waals surface area (Å²) in [5.41, 5.74) is 0. The van der Waals surface area contributed by atoms with Crippen molar-refractivity contribution in [3.05, 3.63) is 0 Å². The van der Waals surface area contributed by atoms with Crippen LogP contribution in [0.1, 0.15) is 71.6 Å². The molecular weight excluding hydrogens is 302 g/mol. The maximum atomic E-state index is 12.1. The highest BCUT2D eigenvalue weighted by Crippen LogP contribution is 2.25. The Morgan fingerprint density at radius 1 is 1.16 bits per heavy atom. The van der Waals surface area contributed by atoms with Gasteiger partial charge < -0.3 is 4.90 Å². The minimum absolute atomic E-state index is 0.385. The van der Waals surface area contributed by atoms with Crippen molar-refractivity contribution in [2.75, 3.05) is 13.1 Å². The second kappa shape index (κ2) is 9.79. The van der Waals surface area contributed by atoms with E-state index in [9.17, 15) is 4.79 Å². The highest BCUT2D eigenvalue weighted by molar-refractivity contribution is 9.09. The van der Waals surface area contributed by atoms with Gasteiger partial charge in [-0.3, -0.25) is 4.79 Å². The quantitative estimate of drug-likeness (QED) is 0.464. The number of piperidine rings is 1. The first kappa shape index (κ1) is 17.0. The van der Waals surface area contributed by atoms with Crippen LogP contribution in [0.4, 0.5) is 0 Å². The summed E-state index contributed by atoms with van der Waals surface area (Å²) < 4.78 is 0. The van der Waals surface area contributed by atoms with Crippen LogP contribution in [0.5, 0.6) is 0 Å². The van der Waals surface area contributed by atoms with Crippen molar-refractivity contribution in [2.24, 2.45) is 5.92 Å². The minimum Gasteiger partial charge on any atom is -0.343 e. The third kappa shape index (κ3) is 6.78. The molecule has 0 spiro atoms. The molecule has 0 bridgehead atoms. The molecule has 0 saturated carbocycles. The Balaban J connectivity index is 2.07. The van der Waals surface area contributed by atoms with E-state index in [-0.39, 0.29) is 0 Å². The number of rotatable bonds is 8. The van der Waals surface area contributed by atoms with E-state index in [1.807, 2.05) is 0 Å². The molecule has 1 atom stereocenters. The number of alkyl halides is 1. The highest BCUT2D eigenvalue weighted by Gasteiger charge is 2.24. The van der Waals surface area contributed by atoms with Crippen molar-refractivity contribution in [3.8, 4) is 0 Å². The van der Waals surface area contributed by atoms with Gasteiger partial charge in [0.05, 0.1) is 0 Å². The Morgan fingerprint density at radius 2 is 1.74 bits per heavy atom. The minimum atomic E-state index is 0.385. The average Bonchev–Trinajstić information content (AvgIpc) is 2.42. The molecule has 0 aromatic heterocycles. The number of carbonyl (C=O) groups excluding carboxylic acids is 1. The largest absolute Gasteiger partial charge is 0.343 e. The number of nitrogens with zero attached hydrogens (tertiary/aromatic N) is 1. The Kier molecular flexibility index (Phi) is 8.76. The molecule has 1 saturated heterocycles. The fourth-order valence-corrected chi connectivity index (χ4v) is 3.35. The maximum absolute atomic E-state index is 12.1. The van der Waals surface area contributed by atoms with E-state index in [1.165, 1.54) is 32.1 Å². The summed E-state index contributed by atoms with van der Waals surface area (Å²) >= 11 is 3.66. The molecule has 0 N–H and O–H groups in total. The second-order valence-electron chi connectivity index (χ2n) is 5.91. The lowest BCUT2D eigenvalue weighted by Gasteiger charge is -2.33. The first-order valence-electron chi connectivity index (χ1n) is 8.07. The zero-order chi connectivity index (χ0) is 14.1. The molecule has 0 aliphatic carbocycles. The van der Waals surface area contributed by atoms with Crippen molar-refractivity contribution in [1.29, 1.82) is 0 Å². The zero-order valence-corrected chi connectivity index (χ0v) is 14.3. The van der Waals surface area contributed by atoms with E-state index in [0.29, 0.717) is 10.7 Å². The van der Waals surface area contributed by atoms with Crippen LogP contribution in [-0.4, -0.2) is 28.7 Å². The van der Waals surface area contributed by atoms with Gasteiger partial charge in [-0.05, 0) is 25.2 Å². The van der Waals surface area contributed by atoms with Crippen LogP contribution in [0.15, 0.2) is 0 Å². The first-order valence-corrected chi connectivity index (χ1v) is 8.98. The van der Waals surface area contributed by atoms with E-state index < -0.39 is 0 Å². The molecule has 2 nitrogen and oxygen atoms in total. The zero-order valence-electron chi connectivity index (χ0n) is 12.7. The van der Waals surface area contributed by atoms with Gasteiger partial charge in [0.1, 0.15) is 0 Å². The normalized spacial score (nSPS) is 18.6. The standard InChI is InChI=1S/C16H30BrNO/c1-3-4-5-6-7-8-9-16(19)18-12-10-15(11-13-18)14(2)17/h14-15H,3-13H2,1-2H3. The number of hydrogen-bond acceptors (Lipinski definition) is 1. The molecule has 1 unspecified atom stereocenters. The molecule has 1 fully saturated rings. The van der Waals surface area contributed by atoms with Crippen molar-refractivity contribution in [2.45, 2.75) is 76.5 Å². The molecule has 1 rings (SSSR count). The summed E-state index contributed by atoms with van der Waals surface area (Å²) in [7, 11) is 0. The topological polar surface area (TPSA) is 20.3 Å². The Bertz CT molecular complexity index is 247. The van der Waals surface area contributed by atoms with Crippen LogP contribution in [0.2, 0.25) is 0 Å². The average molecular weight is 332 g/mol. The van der Waals surface area contributed by atoms with Gasteiger partial charge in [-0.1, -0.05) is 61.9 Å². The fourth-order valence-electron chi connectivity index (χ4n) is 2.82. The smallest absolute Gasteiger partial charge is 0.222 e. The molecule has 112 valence electrons. The monoisotopic (exact) mass is 331 g/mol. The van der Waals surface area contributed by atoms with E-state index in [2.05, 4.69) is 34.7 Å². The van der Waals surface area contributed by atoms with E-state index >= 15 is 0 Å². The fraction of sp³-hybridized carbons (Fsp3) is 0.938. The third-order valence-corrected chi connectivity index (χ3v) is 5.03. The summed E-state index contributed by atoms with van der Waals surface area (Å²) in [6.45, 7) is 6.39. The van der Waals surface area contributed by atoms with Gasteiger partial charge in [0.25, 0.3) is 0 Å². The van der Waals surface area contributed by atoms with Crippen molar-refractivity contribution in [3.63, 3.8) is 0 Å². The lowest BCUT2D eigenvalue weighted by Crippen LogP contribution is -2.39. The van der Waals surface area contributed by atoms with Crippen molar-refractivity contribution >= 4 is 21.8 Å². The van der Waals surface area contributed by atoms with Gasteiger partial charge in [-0.15, -0.1) is 0 Å². The number of halogens is 1. The van der Waals surface area contributed by atoms with Gasteiger partial charge in [-0.2, -0.15) is 0 Å². The molecule has 3 heteroatoms. The van der Waals surface area contributed by atoms with Crippen molar-refractivity contribution in [1.82, 2.24) is 4.90 Å². The Hall–Kier alpha value is -0.0500. The Morgan fingerprint density at radius 3 is 2.32 bits per heavy atom. The summed E-state index contributed by atoms with van der Waals surface area (Å²) in [5.74, 6) is 1.13. The lowest BCUT2D eigenvalue weighted by molar-refractivity contribution is -0.132.